The molecule has 8 nitrogen and oxygen atoms in total. The van der Waals surface area contributed by atoms with E-state index in [0.29, 0.717) is 37.7 Å². The number of nitrogens with zero attached hydrogens (tertiary/aromatic N) is 2. The van der Waals surface area contributed by atoms with Gasteiger partial charge in [0.1, 0.15) is 0 Å². The summed E-state index contributed by atoms with van der Waals surface area (Å²) in [5, 5.41) is 2.84. The van der Waals surface area contributed by atoms with E-state index in [-0.39, 0.29) is 17.3 Å². The van der Waals surface area contributed by atoms with E-state index in [1.165, 1.54) is 30.7 Å². The molecule has 1 saturated heterocycles. The molecule has 2 aromatic rings. The van der Waals surface area contributed by atoms with Crippen molar-refractivity contribution in [1.82, 2.24) is 9.21 Å². The number of methoxy groups -OCH3 is 2. The van der Waals surface area contributed by atoms with E-state index in [1.54, 1.807) is 6.07 Å². The smallest absolute Gasteiger partial charge is 0.243 e. The van der Waals surface area contributed by atoms with Crippen LogP contribution in [0.4, 0.5) is 5.69 Å². The molecule has 1 fully saturated rings. The molecule has 1 heterocycles. The van der Waals surface area contributed by atoms with Crippen LogP contribution in [-0.2, 0) is 14.8 Å². The van der Waals surface area contributed by atoms with Crippen LogP contribution in [0.2, 0.25) is 0 Å². The summed E-state index contributed by atoms with van der Waals surface area (Å²) < 4.78 is 37.7. The SMILES string of the molecule is COc1ccc(S(=O)(=O)N2CCN(CC(=O)Nc3ccccc3)CC2)cc1OC. The lowest BCUT2D eigenvalue weighted by Gasteiger charge is -2.33. The van der Waals surface area contributed by atoms with Crippen molar-refractivity contribution in [2.75, 3.05) is 52.3 Å². The van der Waals surface area contributed by atoms with Gasteiger partial charge in [-0.15, -0.1) is 0 Å². The van der Waals surface area contributed by atoms with Crippen molar-refractivity contribution < 1.29 is 22.7 Å². The first-order chi connectivity index (χ1) is 13.9. The Morgan fingerprint density at radius 1 is 0.966 bits per heavy atom. The highest BCUT2D eigenvalue weighted by molar-refractivity contribution is 7.89. The second kappa shape index (κ2) is 9.25. The third-order valence-corrected chi connectivity index (χ3v) is 6.64. The zero-order chi connectivity index (χ0) is 20.9. The van der Waals surface area contributed by atoms with Gasteiger partial charge >= 0.3 is 0 Å². The average molecular weight is 420 g/mol. The molecule has 3 rings (SSSR count). The van der Waals surface area contributed by atoms with E-state index >= 15 is 0 Å². The van der Waals surface area contributed by atoms with Gasteiger partial charge in [-0.25, -0.2) is 8.42 Å². The predicted octanol–water partition coefficient (Wildman–Crippen LogP) is 1.65. The average Bonchev–Trinajstić information content (AvgIpc) is 2.74. The van der Waals surface area contributed by atoms with Crippen LogP contribution in [0.15, 0.2) is 53.4 Å². The highest BCUT2D eigenvalue weighted by atomic mass is 32.2. The van der Waals surface area contributed by atoms with Crippen molar-refractivity contribution in [2.45, 2.75) is 4.90 Å². The van der Waals surface area contributed by atoms with Crippen molar-refractivity contribution in [1.29, 1.82) is 0 Å². The van der Waals surface area contributed by atoms with Gasteiger partial charge in [-0.3, -0.25) is 9.69 Å². The maximum Gasteiger partial charge on any atom is 0.243 e. The summed E-state index contributed by atoms with van der Waals surface area (Å²) in [4.78, 5) is 14.3. The molecular weight excluding hydrogens is 394 g/mol. The summed E-state index contributed by atoms with van der Waals surface area (Å²) in [6.07, 6.45) is 0. The Labute approximate surface area is 171 Å². The van der Waals surface area contributed by atoms with Gasteiger partial charge in [0.05, 0.1) is 25.7 Å². The second-order valence-corrected chi connectivity index (χ2v) is 8.55. The zero-order valence-electron chi connectivity index (χ0n) is 16.5. The third-order valence-electron chi connectivity index (χ3n) is 4.75. The molecule has 0 spiro atoms. The van der Waals surface area contributed by atoms with Crippen LogP contribution in [0.1, 0.15) is 0 Å². The summed E-state index contributed by atoms with van der Waals surface area (Å²) in [6.45, 7) is 1.81. The van der Waals surface area contributed by atoms with Crippen molar-refractivity contribution in [2.24, 2.45) is 0 Å². The largest absolute Gasteiger partial charge is 0.493 e. The van der Waals surface area contributed by atoms with Gasteiger partial charge in [0.25, 0.3) is 0 Å². The molecule has 156 valence electrons. The lowest BCUT2D eigenvalue weighted by Crippen LogP contribution is -2.50. The molecule has 0 bridgehead atoms. The van der Waals surface area contributed by atoms with E-state index in [1.807, 2.05) is 35.2 Å². The van der Waals surface area contributed by atoms with Gasteiger partial charge in [0, 0.05) is 37.9 Å². The van der Waals surface area contributed by atoms with Gasteiger partial charge in [-0.2, -0.15) is 4.31 Å². The Morgan fingerprint density at radius 3 is 2.24 bits per heavy atom. The molecular formula is C20H25N3O5S. The van der Waals surface area contributed by atoms with Gasteiger partial charge in [0.15, 0.2) is 11.5 Å². The second-order valence-electron chi connectivity index (χ2n) is 6.61. The van der Waals surface area contributed by atoms with Gasteiger partial charge < -0.3 is 14.8 Å². The minimum Gasteiger partial charge on any atom is -0.493 e. The maximum absolute atomic E-state index is 13.0. The predicted molar refractivity (Wildman–Crippen MR) is 110 cm³/mol. The number of hydrogen-bond acceptors (Lipinski definition) is 6. The molecule has 1 aliphatic rings. The molecule has 0 unspecified atom stereocenters. The Hall–Kier alpha value is -2.62. The quantitative estimate of drug-likeness (QED) is 0.734. The summed E-state index contributed by atoms with van der Waals surface area (Å²) >= 11 is 0. The molecule has 1 amide bonds. The molecule has 2 aromatic carbocycles. The number of nitrogens with one attached hydrogen (secondary N) is 1. The number of carbonyl (C=O) groups is 1. The Kier molecular flexibility index (Phi) is 6.73. The van der Waals surface area contributed by atoms with Crippen LogP contribution < -0.4 is 14.8 Å². The van der Waals surface area contributed by atoms with Crippen LogP contribution in [0.25, 0.3) is 0 Å². The lowest BCUT2D eigenvalue weighted by molar-refractivity contribution is -0.117. The van der Waals surface area contributed by atoms with Crippen LogP contribution in [0.3, 0.4) is 0 Å². The molecule has 1 N–H and O–H groups in total. The van der Waals surface area contributed by atoms with Crippen LogP contribution in [-0.4, -0.2) is 70.5 Å². The number of ether oxygens (including phenoxy) is 2. The van der Waals surface area contributed by atoms with E-state index < -0.39 is 10.0 Å². The first-order valence-corrected chi connectivity index (χ1v) is 10.7. The molecule has 9 heteroatoms. The lowest BCUT2D eigenvalue weighted by atomic mass is 10.3. The topological polar surface area (TPSA) is 88.2 Å². The highest BCUT2D eigenvalue weighted by Crippen LogP contribution is 2.30. The van der Waals surface area contributed by atoms with Crippen LogP contribution in [0.5, 0.6) is 11.5 Å². The van der Waals surface area contributed by atoms with Crippen molar-refractivity contribution >= 4 is 21.6 Å². The summed E-state index contributed by atoms with van der Waals surface area (Å²) in [6, 6.07) is 13.8. The number of anilines is 1. The number of amides is 1. The van der Waals surface area contributed by atoms with Gasteiger partial charge in [-0.1, -0.05) is 18.2 Å². The molecule has 0 saturated carbocycles. The zero-order valence-corrected chi connectivity index (χ0v) is 17.3. The van der Waals surface area contributed by atoms with E-state index in [0.717, 1.165) is 5.69 Å². The number of rotatable bonds is 7. The number of hydrogen-bond donors (Lipinski definition) is 1. The Morgan fingerprint density at radius 2 is 1.62 bits per heavy atom. The number of piperazine rings is 1. The minimum absolute atomic E-state index is 0.118. The van der Waals surface area contributed by atoms with Gasteiger partial charge in [-0.05, 0) is 24.3 Å². The molecule has 0 radical (unpaired) electrons. The van der Waals surface area contributed by atoms with E-state index in [9.17, 15) is 13.2 Å². The maximum atomic E-state index is 13.0. The summed E-state index contributed by atoms with van der Waals surface area (Å²) in [5.74, 6) is 0.720. The fourth-order valence-electron chi connectivity index (χ4n) is 3.18. The normalized spacial score (nSPS) is 15.7. The molecule has 1 aliphatic heterocycles. The van der Waals surface area contributed by atoms with Crippen LogP contribution >= 0.6 is 0 Å². The first kappa shape index (κ1) is 21.1. The van der Waals surface area contributed by atoms with Gasteiger partial charge in [0.2, 0.25) is 15.9 Å². The standard InChI is InChI=1S/C20H25N3O5S/c1-27-18-9-8-17(14-19(18)28-2)29(25,26)23-12-10-22(11-13-23)15-20(24)21-16-6-4-3-5-7-16/h3-9,14H,10-13,15H2,1-2H3,(H,21,24). The first-order valence-electron chi connectivity index (χ1n) is 9.23. The summed E-state index contributed by atoms with van der Waals surface area (Å²) in [7, 11) is -0.685. The number of sulfonamides is 1. The Balaban J connectivity index is 1.59. The molecule has 0 aromatic heterocycles. The van der Waals surface area contributed by atoms with E-state index in [4.69, 9.17) is 9.47 Å². The number of benzene rings is 2. The monoisotopic (exact) mass is 419 g/mol. The van der Waals surface area contributed by atoms with Crippen molar-refractivity contribution in [3.8, 4) is 11.5 Å². The molecule has 0 aliphatic carbocycles. The fourth-order valence-corrected chi connectivity index (χ4v) is 4.62. The van der Waals surface area contributed by atoms with E-state index in [2.05, 4.69) is 5.32 Å². The summed E-state index contributed by atoms with van der Waals surface area (Å²) in [5.41, 5.74) is 0.743. The molecule has 0 atom stereocenters. The highest BCUT2D eigenvalue weighted by Gasteiger charge is 2.29. The minimum atomic E-state index is -3.65. The fraction of sp³-hybridized carbons (Fsp3) is 0.350. The van der Waals surface area contributed by atoms with Crippen molar-refractivity contribution in [3.05, 3.63) is 48.5 Å². The number of para-hydroxylation sites is 1. The molecule has 29 heavy (non-hydrogen) atoms. The third kappa shape index (κ3) is 5.06. The van der Waals surface area contributed by atoms with Crippen molar-refractivity contribution in [3.63, 3.8) is 0 Å². The number of carbonyl (C=O) groups excluding carboxylic acids is 1. The van der Waals surface area contributed by atoms with Crippen LogP contribution in [0, 0.1) is 0 Å². The Bertz CT molecular complexity index is 942.